The van der Waals surface area contributed by atoms with Crippen LogP contribution in [-0.4, -0.2) is 9.78 Å². The summed E-state index contributed by atoms with van der Waals surface area (Å²) in [6.07, 6.45) is 1.93. The molecule has 1 aromatic carbocycles. The molecule has 96 valence electrons. The maximum absolute atomic E-state index is 6.04. The zero-order valence-electron chi connectivity index (χ0n) is 10.6. The molecular weight excluding hydrogens is 312 g/mol. The molecule has 2 aromatic rings. The molecule has 0 spiro atoms. The third-order valence-electron chi connectivity index (χ3n) is 2.97. The van der Waals surface area contributed by atoms with Crippen LogP contribution in [0, 0.1) is 0 Å². The topological polar surface area (TPSA) is 17.8 Å². The molecule has 0 radical (unpaired) electrons. The molecule has 0 atom stereocenters. The lowest BCUT2D eigenvalue weighted by Gasteiger charge is -2.10. The van der Waals surface area contributed by atoms with Crippen LogP contribution in [0.1, 0.15) is 30.8 Å². The fourth-order valence-corrected chi connectivity index (χ4v) is 2.62. The van der Waals surface area contributed by atoms with Gasteiger partial charge in [-0.3, -0.25) is 0 Å². The van der Waals surface area contributed by atoms with Gasteiger partial charge in [0.25, 0.3) is 0 Å². The monoisotopic (exact) mass is 326 g/mol. The largest absolute Gasteiger partial charge is 0.237 e. The van der Waals surface area contributed by atoms with Crippen molar-refractivity contribution in [3.8, 4) is 5.69 Å². The maximum Gasteiger partial charge on any atom is 0.0690 e. The normalized spacial score (nSPS) is 10.9. The van der Waals surface area contributed by atoms with Gasteiger partial charge in [0, 0.05) is 16.0 Å². The molecule has 0 unspecified atom stereocenters. The first-order valence-corrected chi connectivity index (χ1v) is 7.62. The molecule has 0 aliphatic carbocycles. The Hall–Kier alpha value is -0.800. The lowest BCUT2D eigenvalue weighted by atomic mass is 10.2. The van der Waals surface area contributed by atoms with E-state index in [9.17, 15) is 0 Å². The van der Waals surface area contributed by atoms with Crippen LogP contribution in [0.3, 0.4) is 0 Å². The molecule has 18 heavy (non-hydrogen) atoms. The highest BCUT2D eigenvalue weighted by molar-refractivity contribution is 9.08. The number of hydrogen-bond acceptors (Lipinski definition) is 1. The molecule has 0 amide bonds. The Morgan fingerprint density at radius 3 is 2.61 bits per heavy atom. The minimum absolute atomic E-state index is 0.758. The molecule has 1 aromatic heterocycles. The molecule has 0 bridgehead atoms. The summed E-state index contributed by atoms with van der Waals surface area (Å²) < 4.78 is 2.03. The summed E-state index contributed by atoms with van der Waals surface area (Å²) in [7, 11) is 0. The minimum atomic E-state index is 0.758. The summed E-state index contributed by atoms with van der Waals surface area (Å²) in [5.74, 6) is 0. The molecule has 0 saturated carbocycles. The molecular formula is C14H16BrClN2. The number of rotatable bonds is 4. The van der Waals surface area contributed by atoms with Crippen LogP contribution >= 0.6 is 27.5 Å². The van der Waals surface area contributed by atoms with E-state index < -0.39 is 0 Å². The van der Waals surface area contributed by atoms with Gasteiger partial charge >= 0.3 is 0 Å². The zero-order valence-corrected chi connectivity index (χ0v) is 12.9. The molecule has 0 saturated heterocycles. The fourth-order valence-electron chi connectivity index (χ4n) is 1.98. The van der Waals surface area contributed by atoms with Gasteiger partial charge in [0.2, 0.25) is 0 Å². The zero-order chi connectivity index (χ0) is 13.1. The van der Waals surface area contributed by atoms with Gasteiger partial charge in [-0.15, -0.1) is 0 Å². The highest BCUT2D eigenvalue weighted by Crippen LogP contribution is 2.23. The summed E-state index contributed by atoms with van der Waals surface area (Å²) in [6, 6.07) is 8.10. The summed E-state index contributed by atoms with van der Waals surface area (Å²) in [5.41, 5.74) is 4.62. The van der Waals surface area contributed by atoms with Crippen molar-refractivity contribution in [2.75, 3.05) is 0 Å². The van der Waals surface area contributed by atoms with Crippen molar-refractivity contribution in [1.82, 2.24) is 9.78 Å². The Bertz CT molecular complexity index is 549. The number of aryl methyl sites for hydroxylation is 2. The third-order valence-corrected chi connectivity index (χ3v) is 3.81. The molecule has 0 aliphatic rings. The van der Waals surface area contributed by atoms with Gasteiger partial charge in [-0.1, -0.05) is 41.4 Å². The van der Waals surface area contributed by atoms with Gasteiger partial charge in [-0.05, 0) is 42.7 Å². The summed E-state index contributed by atoms with van der Waals surface area (Å²) >= 11 is 9.55. The summed E-state index contributed by atoms with van der Waals surface area (Å²) in [6.45, 7) is 4.27. The second kappa shape index (κ2) is 5.89. The van der Waals surface area contributed by atoms with E-state index in [1.54, 1.807) is 0 Å². The number of hydrogen-bond donors (Lipinski definition) is 0. The van der Waals surface area contributed by atoms with E-state index >= 15 is 0 Å². The third kappa shape index (κ3) is 2.62. The molecule has 1 heterocycles. The Labute approximate surface area is 121 Å². The predicted octanol–water partition coefficient (Wildman–Crippen LogP) is 4.55. The van der Waals surface area contributed by atoms with E-state index in [2.05, 4.69) is 40.9 Å². The van der Waals surface area contributed by atoms with Crippen molar-refractivity contribution in [1.29, 1.82) is 0 Å². The Kier molecular flexibility index (Phi) is 4.46. The first kappa shape index (κ1) is 13.6. The van der Waals surface area contributed by atoms with Crippen molar-refractivity contribution in [2.24, 2.45) is 0 Å². The standard InChI is InChI=1S/C14H16BrClN2/c1-3-12-8-13(4-2)18(17-12)14-6-5-11(16)7-10(14)9-15/h5-8H,3-4,9H2,1-2H3. The minimum Gasteiger partial charge on any atom is -0.237 e. The summed E-state index contributed by atoms with van der Waals surface area (Å²) in [4.78, 5) is 0. The maximum atomic E-state index is 6.04. The van der Waals surface area contributed by atoms with Crippen molar-refractivity contribution >= 4 is 27.5 Å². The first-order valence-electron chi connectivity index (χ1n) is 6.12. The average Bonchev–Trinajstić information content (AvgIpc) is 2.81. The number of nitrogens with zero attached hydrogens (tertiary/aromatic N) is 2. The number of benzene rings is 1. The van der Waals surface area contributed by atoms with Crippen LogP contribution < -0.4 is 0 Å². The Balaban J connectivity index is 2.56. The van der Waals surface area contributed by atoms with E-state index in [-0.39, 0.29) is 0 Å². The van der Waals surface area contributed by atoms with Gasteiger partial charge in [0.15, 0.2) is 0 Å². The van der Waals surface area contributed by atoms with E-state index in [0.717, 1.165) is 40.1 Å². The second-order valence-corrected chi connectivity index (χ2v) is 5.15. The average molecular weight is 328 g/mol. The number of alkyl halides is 1. The van der Waals surface area contributed by atoms with Crippen molar-refractivity contribution < 1.29 is 0 Å². The molecule has 2 nitrogen and oxygen atoms in total. The lowest BCUT2D eigenvalue weighted by Crippen LogP contribution is -2.04. The second-order valence-electron chi connectivity index (χ2n) is 4.15. The first-order chi connectivity index (χ1) is 8.69. The van der Waals surface area contributed by atoms with Crippen molar-refractivity contribution in [2.45, 2.75) is 32.0 Å². The fraction of sp³-hybridized carbons (Fsp3) is 0.357. The van der Waals surface area contributed by atoms with Crippen LogP contribution in [0.15, 0.2) is 24.3 Å². The van der Waals surface area contributed by atoms with Crippen LogP contribution in [0.2, 0.25) is 5.02 Å². The number of aromatic nitrogens is 2. The lowest BCUT2D eigenvalue weighted by molar-refractivity contribution is 0.789. The molecule has 0 aliphatic heterocycles. The van der Waals surface area contributed by atoms with Crippen LogP contribution in [0.5, 0.6) is 0 Å². The van der Waals surface area contributed by atoms with Gasteiger partial charge in [0.05, 0.1) is 11.4 Å². The van der Waals surface area contributed by atoms with Gasteiger partial charge in [-0.25, -0.2) is 4.68 Å². The van der Waals surface area contributed by atoms with Gasteiger partial charge in [0.1, 0.15) is 0 Å². The van der Waals surface area contributed by atoms with Crippen LogP contribution in [-0.2, 0) is 18.2 Å². The Morgan fingerprint density at radius 1 is 1.22 bits per heavy atom. The quantitative estimate of drug-likeness (QED) is 0.754. The van der Waals surface area contributed by atoms with Crippen molar-refractivity contribution in [3.63, 3.8) is 0 Å². The van der Waals surface area contributed by atoms with Gasteiger partial charge in [-0.2, -0.15) is 5.10 Å². The van der Waals surface area contributed by atoms with Crippen molar-refractivity contribution in [3.05, 3.63) is 46.2 Å². The predicted molar refractivity (Wildman–Crippen MR) is 80.0 cm³/mol. The van der Waals surface area contributed by atoms with E-state index in [1.165, 1.54) is 5.69 Å². The van der Waals surface area contributed by atoms with E-state index in [1.807, 2.05) is 22.9 Å². The molecule has 0 N–H and O–H groups in total. The number of halogens is 2. The van der Waals surface area contributed by atoms with E-state index in [0.29, 0.717) is 0 Å². The van der Waals surface area contributed by atoms with E-state index in [4.69, 9.17) is 11.6 Å². The highest BCUT2D eigenvalue weighted by Gasteiger charge is 2.11. The van der Waals surface area contributed by atoms with Crippen LogP contribution in [0.25, 0.3) is 5.69 Å². The highest BCUT2D eigenvalue weighted by atomic mass is 79.9. The molecule has 2 rings (SSSR count). The smallest absolute Gasteiger partial charge is 0.0690 e. The molecule has 4 heteroatoms. The Morgan fingerprint density at radius 2 is 2.00 bits per heavy atom. The van der Waals surface area contributed by atoms with Gasteiger partial charge < -0.3 is 0 Å². The summed E-state index contributed by atoms with van der Waals surface area (Å²) in [5, 5.41) is 6.19. The SMILES string of the molecule is CCc1cc(CC)n(-c2ccc(Cl)cc2CBr)n1. The van der Waals surface area contributed by atoms with Crippen LogP contribution in [0.4, 0.5) is 0 Å². The molecule has 0 fully saturated rings.